The molecule has 0 aromatic carbocycles. The van der Waals surface area contributed by atoms with Crippen LogP contribution in [0.3, 0.4) is 0 Å². The Labute approximate surface area is 208 Å². The molecular formula is C27H40N2O6. The molecule has 1 spiro atoms. The van der Waals surface area contributed by atoms with Crippen molar-refractivity contribution in [1.29, 1.82) is 0 Å². The standard InChI is InChI=1S/C27H40N2O6/c1-3-4-8-15-28-16-12-14-27-20(21-25(33)34-19-11-7-13-26(21,2)35-27)23(31)29(22(27)24(28)32)17-9-5-6-10-18-30/h7,12-14,20-22,30H,3-6,8-11,15-19H2,1-2H3/t20-,21+,22?,26-,27-/m0/s1. The van der Waals surface area contributed by atoms with E-state index in [0.717, 1.165) is 44.9 Å². The molecule has 0 saturated carbocycles. The van der Waals surface area contributed by atoms with Crippen LogP contribution in [0, 0.1) is 11.8 Å². The Morgan fingerprint density at radius 3 is 2.51 bits per heavy atom. The maximum atomic E-state index is 14.0. The van der Waals surface area contributed by atoms with E-state index in [0.29, 0.717) is 26.1 Å². The molecule has 2 amide bonds. The van der Waals surface area contributed by atoms with Crippen molar-refractivity contribution in [3.63, 3.8) is 0 Å². The van der Waals surface area contributed by atoms with Gasteiger partial charge in [0.05, 0.1) is 18.1 Å². The number of unbranched alkanes of at least 4 members (excludes halogenated alkanes) is 5. The van der Waals surface area contributed by atoms with Crippen molar-refractivity contribution in [1.82, 2.24) is 9.80 Å². The number of esters is 1. The number of carbonyl (C=O) groups is 3. The quantitative estimate of drug-likeness (QED) is 0.289. The van der Waals surface area contributed by atoms with Crippen LogP contribution in [-0.2, 0) is 23.9 Å². The molecule has 8 nitrogen and oxygen atoms in total. The Kier molecular flexibility index (Phi) is 8.01. The van der Waals surface area contributed by atoms with Crippen LogP contribution in [0.5, 0.6) is 0 Å². The number of cyclic esters (lactones) is 1. The molecule has 4 aliphatic rings. The van der Waals surface area contributed by atoms with Crippen molar-refractivity contribution in [2.75, 3.05) is 32.8 Å². The molecule has 0 aromatic heterocycles. The summed E-state index contributed by atoms with van der Waals surface area (Å²) in [5.74, 6) is -2.35. The lowest BCUT2D eigenvalue weighted by molar-refractivity contribution is -0.160. The Bertz CT molecular complexity index is 872. The second-order valence-corrected chi connectivity index (χ2v) is 10.4. The number of ether oxygens (including phenoxy) is 2. The molecule has 4 aliphatic heterocycles. The van der Waals surface area contributed by atoms with Gasteiger partial charge in [-0.05, 0) is 32.6 Å². The van der Waals surface area contributed by atoms with E-state index in [1.807, 2.05) is 36.1 Å². The first kappa shape index (κ1) is 25.9. The summed E-state index contributed by atoms with van der Waals surface area (Å²) in [6.45, 7) is 5.91. The molecule has 35 heavy (non-hydrogen) atoms. The zero-order valence-corrected chi connectivity index (χ0v) is 21.1. The maximum absolute atomic E-state index is 14.0. The van der Waals surface area contributed by atoms with Gasteiger partial charge in [0.2, 0.25) is 11.8 Å². The molecule has 0 aliphatic carbocycles. The Hall–Kier alpha value is -2.19. The zero-order valence-electron chi connectivity index (χ0n) is 21.1. The number of amides is 2. The number of rotatable bonds is 10. The third kappa shape index (κ3) is 4.67. The molecule has 1 N–H and O–H groups in total. The van der Waals surface area contributed by atoms with E-state index in [4.69, 9.17) is 14.6 Å². The summed E-state index contributed by atoms with van der Waals surface area (Å²) in [6, 6.07) is -0.801. The van der Waals surface area contributed by atoms with Gasteiger partial charge >= 0.3 is 5.97 Å². The van der Waals surface area contributed by atoms with Gasteiger partial charge in [-0.3, -0.25) is 14.4 Å². The fraction of sp³-hybridized carbons (Fsp3) is 0.741. The van der Waals surface area contributed by atoms with Crippen molar-refractivity contribution < 1.29 is 29.0 Å². The number of fused-ring (bicyclic) bond motifs is 2. The SMILES string of the molecule is CCCCCN1CC=C[C@]23O[C@@]4(C)C=CCCOC(=O)[C@H]4[C@H]2C(=O)N(CCCCCCO)C3C1=O. The molecule has 0 bridgehead atoms. The average molecular weight is 489 g/mol. The first-order chi connectivity index (χ1) is 16.9. The van der Waals surface area contributed by atoms with Crippen LogP contribution in [0.2, 0.25) is 0 Å². The summed E-state index contributed by atoms with van der Waals surface area (Å²) in [6.07, 6.45) is 14.4. The predicted octanol–water partition coefficient (Wildman–Crippen LogP) is 2.60. The van der Waals surface area contributed by atoms with E-state index < -0.39 is 35.0 Å². The minimum Gasteiger partial charge on any atom is -0.465 e. The van der Waals surface area contributed by atoms with Gasteiger partial charge in [0.1, 0.15) is 17.6 Å². The number of aliphatic hydroxyl groups is 1. The van der Waals surface area contributed by atoms with Crippen molar-refractivity contribution in [2.45, 2.75) is 82.5 Å². The third-order valence-corrected chi connectivity index (χ3v) is 7.94. The lowest BCUT2D eigenvalue weighted by Gasteiger charge is -2.37. The zero-order chi connectivity index (χ0) is 25.1. The number of aliphatic hydroxyl groups excluding tert-OH is 1. The first-order valence-electron chi connectivity index (χ1n) is 13.3. The Morgan fingerprint density at radius 1 is 0.971 bits per heavy atom. The van der Waals surface area contributed by atoms with Crippen molar-refractivity contribution in [3.05, 3.63) is 24.3 Å². The normalized spacial score (nSPS) is 34.3. The smallest absolute Gasteiger partial charge is 0.313 e. The Morgan fingerprint density at radius 2 is 1.74 bits per heavy atom. The highest BCUT2D eigenvalue weighted by Crippen LogP contribution is 2.57. The molecule has 1 unspecified atom stereocenters. The van der Waals surface area contributed by atoms with Crippen LogP contribution in [-0.4, -0.2) is 82.8 Å². The topological polar surface area (TPSA) is 96.4 Å². The van der Waals surface area contributed by atoms with E-state index in [1.165, 1.54) is 0 Å². The van der Waals surface area contributed by atoms with E-state index >= 15 is 0 Å². The largest absolute Gasteiger partial charge is 0.465 e. The molecular weight excluding hydrogens is 448 g/mol. The van der Waals surface area contributed by atoms with E-state index in [9.17, 15) is 14.4 Å². The molecule has 2 fully saturated rings. The first-order valence-corrected chi connectivity index (χ1v) is 13.3. The predicted molar refractivity (Wildman–Crippen MR) is 130 cm³/mol. The highest BCUT2D eigenvalue weighted by Gasteiger charge is 2.74. The van der Waals surface area contributed by atoms with Crippen LogP contribution in [0.25, 0.3) is 0 Å². The number of nitrogens with zero attached hydrogens (tertiary/aromatic N) is 2. The van der Waals surface area contributed by atoms with Gasteiger partial charge in [0, 0.05) is 26.2 Å². The number of likely N-dealkylation sites (tertiary alicyclic amines) is 1. The molecule has 0 aromatic rings. The van der Waals surface area contributed by atoms with Crippen molar-refractivity contribution >= 4 is 17.8 Å². The van der Waals surface area contributed by atoms with Crippen LogP contribution >= 0.6 is 0 Å². The van der Waals surface area contributed by atoms with Crippen LogP contribution in [0.15, 0.2) is 24.3 Å². The van der Waals surface area contributed by atoms with Gasteiger partial charge in [0.25, 0.3) is 0 Å². The summed E-state index contributed by atoms with van der Waals surface area (Å²) in [4.78, 5) is 44.7. The monoisotopic (exact) mass is 488 g/mol. The molecule has 194 valence electrons. The van der Waals surface area contributed by atoms with E-state index in [1.54, 1.807) is 4.90 Å². The second kappa shape index (κ2) is 10.8. The Balaban J connectivity index is 1.70. The summed E-state index contributed by atoms with van der Waals surface area (Å²) in [5.41, 5.74) is -2.23. The molecule has 2 saturated heterocycles. The minimum absolute atomic E-state index is 0.104. The molecule has 8 heteroatoms. The van der Waals surface area contributed by atoms with Crippen molar-refractivity contribution in [2.24, 2.45) is 11.8 Å². The highest BCUT2D eigenvalue weighted by molar-refractivity contribution is 5.99. The second-order valence-electron chi connectivity index (χ2n) is 10.4. The molecule has 4 rings (SSSR count). The molecule has 0 radical (unpaired) electrons. The summed E-state index contributed by atoms with van der Waals surface area (Å²) < 4.78 is 12.2. The fourth-order valence-electron chi connectivity index (χ4n) is 6.28. The van der Waals surface area contributed by atoms with Gasteiger partial charge in [-0.15, -0.1) is 0 Å². The van der Waals surface area contributed by atoms with Crippen LogP contribution in [0.4, 0.5) is 0 Å². The van der Waals surface area contributed by atoms with Gasteiger partial charge in [-0.1, -0.05) is 56.9 Å². The summed E-state index contributed by atoms with van der Waals surface area (Å²) >= 11 is 0. The third-order valence-electron chi connectivity index (χ3n) is 7.94. The van der Waals surface area contributed by atoms with Gasteiger partial charge in [0.15, 0.2) is 0 Å². The highest BCUT2D eigenvalue weighted by atomic mass is 16.6. The van der Waals surface area contributed by atoms with Crippen LogP contribution < -0.4 is 0 Å². The lowest BCUT2D eigenvalue weighted by atomic mass is 9.74. The number of hydrogen-bond acceptors (Lipinski definition) is 6. The average Bonchev–Trinajstić information content (AvgIpc) is 3.14. The molecule has 4 heterocycles. The van der Waals surface area contributed by atoms with Crippen molar-refractivity contribution in [3.8, 4) is 0 Å². The van der Waals surface area contributed by atoms with E-state index in [-0.39, 0.29) is 25.0 Å². The van der Waals surface area contributed by atoms with Crippen LogP contribution in [0.1, 0.15) is 65.2 Å². The molecule has 5 atom stereocenters. The fourth-order valence-corrected chi connectivity index (χ4v) is 6.28. The van der Waals surface area contributed by atoms with Gasteiger partial charge in [-0.2, -0.15) is 0 Å². The minimum atomic E-state index is -1.20. The number of hydrogen-bond donors (Lipinski definition) is 1. The van der Waals surface area contributed by atoms with E-state index in [2.05, 4.69) is 6.92 Å². The summed E-state index contributed by atoms with van der Waals surface area (Å²) in [5, 5.41) is 9.08. The number of carbonyl (C=O) groups excluding carboxylic acids is 3. The van der Waals surface area contributed by atoms with Gasteiger partial charge < -0.3 is 24.4 Å². The summed E-state index contributed by atoms with van der Waals surface area (Å²) in [7, 11) is 0. The van der Waals surface area contributed by atoms with Gasteiger partial charge in [-0.25, -0.2) is 0 Å². The lowest BCUT2D eigenvalue weighted by Crippen LogP contribution is -2.56. The maximum Gasteiger partial charge on any atom is 0.313 e.